The predicted molar refractivity (Wildman–Crippen MR) is 101 cm³/mol. The fourth-order valence-corrected chi connectivity index (χ4v) is 4.63. The first kappa shape index (κ1) is 14.2. The third-order valence-corrected chi connectivity index (χ3v) is 5.85. The summed E-state index contributed by atoms with van der Waals surface area (Å²) in [6.45, 7) is 0. The third-order valence-electron chi connectivity index (χ3n) is 5.85. The number of hydrogen-bond acceptors (Lipinski definition) is 1. The summed E-state index contributed by atoms with van der Waals surface area (Å²) in [6.07, 6.45) is 12.4. The van der Waals surface area contributed by atoms with Gasteiger partial charge in [-0.2, -0.15) is 0 Å². The second kappa shape index (κ2) is 5.73. The van der Waals surface area contributed by atoms with Crippen LogP contribution in [0.1, 0.15) is 66.6 Å². The van der Waals surface area contributed by atoms with Gasteiger partial charge in [-0.15, -0.1) is 0 Å². The summed E-state index contributed by atoms with van der Waals surface area (Å²) in [5.74, 6) is 0. The summed E-state index contributed by atoms with van der Waals surface area (Å²) in [5, 5.41) is 0. The Morgan fingerprint density at radius 1 is 0.750 bits per heavy atom. The number of pyridine rings is 1. The zero-order valence-corrected chi connectivity index (χ0v) is 14.1. The maximum absolute atomic E-state index is 5.21. The second-order valence-electron chi connectivity index (χ2n) is 7.37. The number of rotatable bonds is 1. The van der Waals surface area contributed by atoms with Crippen LogP contribution >= 0.6 is 0 Å². The molecule has 2 aromatic rings. The van der Waals surface area contributed by atoms with Crippen LogP contribution in [0.2, 0.25) is 0 Å². The van der Waals surface area contributed by atoms with Crippen molar-refractivity contribution in [3.8, 4) is 0 Å². The highest BCUT2D eigenvalue weighted by Gasteiger charge is 2.27. The van der Waals surface area contributed by atoms with Gasteiger partial charge >= 0.3 is 0 Å². The van der Waals surface area contributed by atoms with E-state index in [1.54, 1.807) is 11.1 Å². The minimum atomic E-state index is 1.13. The van der Waals surface area contributed by atoms with Crippen molar-refractivity contribution in [2.24, 2.45) is 0 Å². The molecule has 1 saturated carbocycles. The van der Waals surface area contributed by atoms with Crippen molar-refractivity contribution < 1.29 is 0 Å². The van der Waals surface area contributed by atoms with E-state index in [1.165, 1.54) is 72.2 Å². The number of allylic oxidation sites excluding steroid dienone is 3. The van der Waals surface area contributed by atoms with Crippen LogP contribution in [0.4, 0.5) is 0 Å². The molecule has 3 aliphatic rings. The molecule has 0 N–H and O–H groups in total. The summed E-state index contributed by atoms with van der Waals surface area (Å²) < 4.78 is 0. The van der Waals surface area contributed by atoms with E-state index in [-0.39, 0.29) is 0 Å². The molecule has 24 heavy (non-hydrogen) atoms. The third kappa shape index (κ3) is 2.34. The average Bonchev–Trinajstić information content (AvgIpc) is 3.34. The van der Waals surface area contributed by atoms with Crippen LogP contribution in [-0.4, -0.2) is 4.98 Å². The second-order valence-corrected chi connectivity index (χ2v) is 7.37. The van der Waals surface area contributed by atoms with Crippen LogP contribution in [0.15, 0.2) is 42.0 Å². The molecule has 120 valence electrons. The van der Waals surface area contributed by atoms with E-state index < -0.39 is 0 Å². The van der Waals surface area contributed by atoms with Crippen LogP contribution in [0.25, 0.3) is 17.2 Å². The van der Waals surface area contributed by atoms with Gasteiger partial charge in [-0.05, 0) is 85.3 Å². The van der Waals surface area contributed by atoms with E-state index in [2.05, 4.69) is 42.5 Å². The number of fused-ring (bicyclic) bond motifs is 2. The molecule has 0 atom stereocenters. The van der Waals surface area contributed by atoms with E-state index >= 15 is 0 Å². The van der Waals surface area contributed by atoms with Crippen molar-refractivity contribution in [1.29, 1.82) is 0 Å². The molecule has 3 aliphatic carbocycles. The fourth-order valence-electron chi connectivity index (χ4n) is 4.63. The van der Waals surface area contributed by atoms with Gasteiger partial charge in [0.2, 0.25) is 0 Å². The summed E-state index contributed by atoms with van der Waals surface area (Å²) in [4.78, 5) is 5.21. The number of aryl methyl sites for hydroxylation is 2. The van der Waals surface area contributed by atoms with Crippen molar-refractivity contribution in [3.63, 3.8) is 0 Å². The van der Waals surface area contributed by atoms with Gasteiger partial charge in [0.1, 0.15) is 0 Å². The molecule has 1 aromatic carbocycles. The first-order chi connectivity index (χ1) is 11.9. The maximum Gasteiger partial charge on any atom is 0.0701 e. The molecule has 5 rings (SSSR count). The van der Waals surface area contributed by atoms with Crippen molar-refractivity contribution in [3.05, 3.63) is 70.0 Å². The van der Waals surface area contributed by atoms with Gasteiger partial charge in [-0.1, -0.05) is 42.0 Å². The monoisotopic (exact) mass is 313 g/mol. The van der Waals surface area contributed by atoms with Crippen molar-refractivity contribution in [1.82, 2.24) is 4.98 Å². The van der Waals surface area contributed by atoms with E-state index in [0.29, 0.717) is 0 Å². The van der Waals surface area contributed by atoms with E-state index in [0.717, 1.165) is 12.8 Å². The first-order valence-electron chi connectivity index (χ1n) is 9.38. The Hall–Kier alpha value is -2.15. The molecular formula is C23H23N. The number of hydrogen-bond donors (Lipinski definition) is 0. The molecule has 1 heterocycles. The van der Waals surface area contributed by atoms with Gasteiger partial charge in [0.15, 0.2) is 0 Å². The van der Waals surface area contributed by atoms with Gasteiger partial charge < -0.3 is 0 Å². The van der Waals surface area contributed by atoms with Gasteiger partial charge in [-0.3, -0.25) is 0 Å². The Balaban J connectivity index is 1.59. The molecule has 1 heteroatoms. The van der Waals surface area contributed by atoms with Crippen LogP contribution in [0, 0.1) is 0 Å². The van der Waals surface area contributed by atoms with E-state index in [4.69, 9.17) is 4.98 Å². The number of benzene rings is 1. The minimum absolute atomic E-state index is 1.13. The topological polar surface area (TPSA) is 12.9 Å². The molecular weight excluding hydrogens is 290 g/mol. The molecule has 0 spiro atoms. The van der Waals surface area contributed by atoms with Crippen molar-refractivity contribution in [2.75, 3.05) is 0 Å². The molecule has 1 aromatic heterocycles. The largest absolute Gasteiger partial charge is 0.248 e. The Labute approximate surface area is 144 Å². The van der Waals surface area contributed by atoms with Crippen LogP contribution in [-0.2, 0) is 12.8 Å². The molecule has 0 amide bonds. The summed E-state index contributed by atoms with van der Waals surface area (Å²) >= 11 is 0. The molecule has 0 saturated heterocycles. The van der Waals surface area contributed by atoms with Crippen LogP contribution < -0.4 is 0 Å². The highest BCUT2D eigenvalue weighted by atomic mass is 14.7. The van der Waals surface area contributed by atoms with Gasteiger partial charge in [0, 0.05) is 0 Å². The highest BCUT2D eigenvalue weighted by Crippen LogP contribution is 2.42. The maximum atomic E-state index is 5.21. The lowest BCUT2D eigenvalue weighted by molar-refractivity contribution is 0.886. The lowest BCUT2D eigenvalue weighted by Crippen LogP contribution is -1.96. The smallest absolute Gasteiger partial charge is 0.0701 e. The Morgan fingerprint density at radius 3 is 2.33 bits per heavy atom. The van der Waals surface area contributed by atoms with Crippen molar-refractivity contribution in [2.45, 2.75) is 51.4 Å². The lowest BCUT2D eigenvalue weighted by Gasteiger charge is -2.09. The predicted octanol–water partition coefficient (Wildman–Crippen LogP) is 5.84. The molecule has 1 nitrogen and oxygen atoms in total. The molecule has 0 radical (unpaired) electrons. The van der Waals surface area contributed by atoms with Gasteiger partial charge in [-0.25, -0.2) is 4.98 Å². The first-order valence-corrected chi connectivity index (χ1v) is 9.38. The number of aromatic nitrogens is 1. The normalized spacial score (nSPS) is 20.8. The van der Waals surface area contributed by atoms with Gasteiger partial charge in [0.05, 0.1) is 11.4 Å². The number of nitrogens with zero attached hydrogens (tertiary/aromatic N) is 1. The zero-order chi connectivity index (χ0) is 15.9. The van der Waals surface area contributed by atoms with Crippen LogP contribution in [0.5, 0.6) is 0 Å². The van der Waals surface area contributed by atoms with Crippen molar-refractivity contribution >= 4 is 17.2 Å². The Morgan fingerprint density at radius 2 is 1.50 bits per heavy atom. The van der Waals surface area contributed by atoms with Gasteiger partial charge in [0.25, 0.3) is 0 Å². The van der Waals surface area contributed by atoms with Crippen LogP contribution in [0.3, 0.4) is 0 Å². The summed E-state index contributed by atoms with van der Waals surface area (Å²) in [7, 11) is 0. The highest BCUT2D eigenvalue weighted by molar-refractivity contribution is 5.85. The zero-order valence-electron chi connectivity index (χ0n) is 14.1. The Bertz CT molecular complexity index is 847. The molecule has 0 bridgehead atoms. The standard InChI is InChI=1S/C23H23N/c1-2-6-16(7-3-1)14-18-10-11-19-15-20-12-13-21(17-8-4-5-9-17)23(20)24-22(18)19/h1-3,6-7,14-15H,4-5,8-13H2. The average molecular weight is 313 g/mol. The Kier molecular flexibility index (Phi) is 3.40. The molecule has 0 unspecified atom stereocenters. The van der Waals surface area contributed by atoms with E-state index in [1.807, 2.05) is 0 Å². The van der Waals surface area contributed by atoms with E-state index in [9.17, 15) is 0 Å². The molecule has 0 aliphatic heterocycles. The quantitative estimate of drug-likeness (QED) is 0.644. The SMILES string of the molecule is C(=C1CCc2cc3c(nc21)C(=C1CCCC1)CC3)c1ccccc1. The summed E-state index contributed by atoms with van der Waals surface area (Å²) in [6, 6.07) is 13.1. The summed E-state index contributed by atoms with van der Waals surface area (Å²) in [5.41, 5.74) is 11.6. The minimum Gasteiger partial charge on any atom is -0.248 e. The lowest BCUT2D eigenvalue weighted by atomic mass is 10.0. The fraction of sp³-hybridized carbons (Fsp3) is 0.348. The molecule has 1 fully saturated rings.